The second-order valence-electron chi connectivity index (χ2n) is 4.49. The van der Waals surface area contributed by atoms with Crippen molar-refractivity contribution in [3.63, 3.8) is 0 Å². The fourth-order valence-corrected chi connectivity index (χ4v) is 2.78. The average molecular weight is 351 g/mol. The van der Waals surface area contributed by atoms with E-state index in [1.54, 1.807) is 0 Å². The van der Waals surface area contributed by atoms with Gasteiger partial charge in [0, 0.05) is 12.1 Å². The second-order valence-corrected chi connectivity index (χ2v) is 6.01. The molecule has 0 aliphatic heterocycles. The van der Waals surface area contributed by atoms with Crippen molar-refractivity contribution in [1.29, 1.82) is 0 Å². The average Bonchev–Trinajstić information content (AvgIpc) is 2.33. The number of halogens is 2. The Balaban J connectivity index is 2.05. The van der Waals surface area contributed by atoms with Crippen LogP contribution in [-0.2, 0) is 0 Å². The van der Waals surface area contributed by atoms with Crippen LogP contribution < -0.4 is 0 Å². The number of aromatic nitrogens is 2. The van der Waals surface area contributed by atoms with E-state index < -0.39 is 0 Å². The van der Waals surface area contributed by atoms with E-state index in [0.29, 0.717) is 11.1 Å². The fraction of sp³-hybridized carbons (Fsp3) is 0.667. The maximum atomic E-state index is 6.03. The fourth-order valence-electron chi connectivity index (χ4n) is 2.38. The summed E-state index contributed by atoms with van der Waals surface area (Å²) in [6.45, 7) is 2.28. The third kappa shape index (κ3) is 2.86. The van der Waals surface area contributed by atoms with Gasteiger partial charge >= 0.3 is 0 Å². The summed E-state index contributed by atoms with van der Waals surface area (Å²) in [5, 5.41) is 0.600. The van der Waals surface area contributed by atoms with Gasteiger partial charge in [-0.2, -0.15) is 0 Å². The molecule has 1 aromatic rings. The Morgan fingerprint density at radius 2 is 2.06 bits per heavy atom. The molecule has 0 spiro atoms. The molecular weight excluding hydrogens is 335 g/mol. The lowest BCUT2D eigenvalue weighted by Gasteiger charge is -2.26. The molecule has 1 fully saturated rings. The highest BCUT2D eigenvalue weighted by molar-refractivity contribution is 14.1. The molecular formula is C12H16ClIN2. The van der Waals surface area contributed by atoms with Gasteiger partial charge in [-0.15, -0.1) is 0 Å². The summed E-state index contributed by atoms with van der Waals surface area (Å²) in [5.74, 6) is 2.38. The molecule has 0 bridgehead atoms. The third-order valence-corrected chi connectivity index (χ3v) is 4.91. The van der Waals surface area contributed by atoms with Crippen molar-refractivity contribution in [3.8, 4) is 0 Å². The highest BCUT2D eigenvalue weighted by Crippen LogP contribution is 2.35. The van der Waals surface area contributed by atoms with Gasteiger partial charge in [-0.25, -0.2) is 9.97 Å². The zero-order chi connectivity index (χ0) is 11.5. The van der Waals surface area contributed by atoms with E-state index in [9.17, 15) is 0 Å². The Hall–Kier alpha value is 0.1000. The van der Waals surface area contributed by atoms with E-state index in [-0.39, 0.29) is 0 Å². The summed E-state index contributed by atoms with van der Waals surface area (Å²) < 4.78 is 0.935. The van der Waals surface area contributed by atoms with Crippen LogP contribution in [0.15, 0.2) is 6.20 Å². The smallest absolute Gasteiger partial charge is 0.146 e. The van der Waals surface area contributed by atoms with Crippen LogP contribution in [0.2, 0.25) is 5.15 Å². The number of hydrogen-bond donors (Lipinski definition) is 0. The van der Waals surface area contributed by atoms with Crippen LogP contribution in [0, 0.1) is 9.49 Å². The van der Waals surface area contributed by atoms with Crippen molar-refractivity contribution in [2.45, 2.75) is 44.9 Å². The van der Waals surface area contributed by atoms with Crippen LogP contribution in [-0.4, -0.2) is 9.97 Å². The Labute approximate surface area is 115 Å². The first kappa shape index (κ1) is 12.6. The van der Waals surface area contributed by atoms with Gasteiger partial charge in [-0.3, -0.25) is 0 Å². The normalized spacial score (nSPS) is 25.7. The molecule has 4 heteroatoms. The molecule has 0 atom stereocenters. The van der Waals surface area contributed by atoms with Crippen LogP contribution in [0.4, 0.5) is 0 Å². The van der Waals surface area contributed by atoms with E-state index in [1.807, 2.05) is 6.20 Å². The maximum Gasteiger partial charge on any atom is 0.146 e. The summed E-state index contributed by atoms with van der Waals surface area (Å²) in [6.07, 6.45) is 8.20. The highest BCUT2D eigenvalue weighted by atomic mass is 127. The van der Waals surface area contributed by atoms with Gasteiger partial charge in [0.1, 0.15) is 11.0 Å². The molecule has 0 aromatic carbocycles. The van der Waals surface area contributed by atoms with Gasteiger partial charge in [0.15, 0.2) is 0 Å². The molecule has 1 saturated carbocycles. The topological polar surface area (TPSA) is 25.8 Å². The van der Waals surface area contributed by atoms with E-state index in [1.165, 1.54) is 32.1 Å². The largest absolute Gasteiger partial charge is 0.240 e. The molecule has 1 heterocycles. The second kappa shape index (κ2) is 5.63. The van der Waals surface area contributed by atoms with E-state index in [4.69, 9.17) is 11.6 Å². The zero-order valence-corrected chi connectivity index (χ0v) is 12.3. The first-order valence-electron chi connectivity index (χ1n) is 5.88. The van der Waals surface area contributed by atoms with Crippen LogP contribution >= 0.6 is 34.2 Å². The molecule has 1 aliphatic rings. The molecule has 2 rings (SSSR count). The summed E-state index contributed by atoms with van der Waals surface area (Å²) in [5.41, 5.74) is 0. The van der Waals surface area contributed by atoms with E-state index in [2.05, 4.69) is 39.5 Å². The minimum atomic E-state index is 0.525. The number of rotatable bonds is 2. The van der Waals surface area contributed by atoms with Gasteiger partial charge in [-0.1, -0.05) is 24.9 Å². The van der Waals surface area contributed by atoms with Crippen molar-refractivity contribution in [2.75, 3.05) is 0 Å². The van der Waals surface area contributed by atoms with Gasteiger partial charge < -0.3 is 0 Å². The molecule has 0 N–H and O–H groups in total. The highest BCUT2D eigenvalue weighted by Gasteiger charge is 2.23. The van der Waals surface area contributed by atoms with Crippen molar-refractivity contribution in [1.82, 2.24) is 9.97 Å². The van der Waals surface area contributed by atoms with Crippen LogP contribution in [0.25, 0.3) is 0 Å². The monoisotopic (exact) mass is 350 g/mol. The number of hydrogen-bond acceptors (Lipinski definition) is 2. The minimum absolute atomic E-state index is 0.525. The molecule has 0 saturated heterocycles. The van der Waals surface area contributed by atoms with E-state index >= 15 is 0 Å². The summed E-state index contributed by atoms with van der Waals surface area (Å²) >= 11 is 8.19. The summed E-state index contributed by atoms with van der Waals surface area (Å²) in [4.78, 5) is 8.80. The van der Waals surface area contributed by atoms with Crippen LogP contribution in [0.1, 0.15) is 50.8 Å². The molecule has 16 heavy (non-hydrogen) atoms. The van der Waals surface area contributed by atoms with Crippen LogP contribution in [0.3, 0.4) is 0 Å². The lowest BCUT2D eigenvalue weighted by Crippen LogP contribution is -2.15. The Morgan fingerprint density at radius 1 is 1.38 bits per heavy atom. The van der Waals surface area contributed by atoms with Gasteiger partial charge in [0.05, 0.1) is 3.57 Å². The van der Waals surface area contributed by atoms with Gasteiger partial charge in [0.25, 0.3) is 0 Å². The zero-order valence-electron chi connectivity index (χ0n) is 9.42. The van der Waals surface area contributed by atoms with Crippen molar-refractivity contribution < 1.29 is 0 Å². The first-order chi connectivity index (χ1) is 7.70. The molecule has 88 valence electrons. The minimum Gasteiger partial charge on any atom is -0.240 e. The SMILES string of the molecule is CCC1CCC(c2ncc(I)c(Cl)n2)CC1. The molecule has 1 aromatic heterocycles. The first-order valence-corrected chi connectivity index (χ1v) is 7.34. The molecule has 0 amide bonds. The molecule has 1 aliphatic carbocycles. The predicted molar refractivity (Wildman–Crippen MR) is 74.7 cm³/mol. The van der Waals surface area contributed by atoms with Crippen molar-refractivity contribution >= 4 is 34.2 Å². The van der Waals surface area contributed by atoms with E-state index in [0.717, 1.165) is 15.3 Å². The van der Waals surface area contributed by atoms with Crippen molar-refractivity contribution in [2.24, 2.45) is 5.92 Å². The Morgan fingerprint density at radius 3 is 2.62 bits per heavy atom. The molecule has 0 unspecified atom stereocenters. The van der Waals surface area contributed by atoms with Crippen molar-refractivity contribution in [3.05, 3.63) is 20.7 Å². The molecule has 2 nitrogen and oxygen atoms in total. The maximum absolute atomic E-state index is 6.03. The van der Waals surface area contributed by atoms with Gasteiger partial charge in [0.2, 0.25) is 0 Å². The third-order valence-electron chi connectivity index (χ3n) is 3.51. The lowest BCUT2D eigenvalue weighted by atomic mass is 9.80. The predicted octanol–water partition coefficient (Wildman–Crippen LogP) is 4.42. The standard InChI is InChI=1S/C12H16ClIN2/c1-2-8-3-5-9(6-4-8)12-15-7-10(14)11(13)16-12/h7-9H,2-6H2,1H3. The Bertz CT molecular complexity index is 362. The lowest BCUT2D eigenvalue weighted by molar-refractivity contribution is 0.312. The summed E-state index contributed by atoms with van der Waals surface area (Å²) in [6, 6.07) is 0. The van der Waals surface area contributed by atoms with Gasteiger partial charge in [-0.05, 0) is 54.2 Å². The summed E-state index contributed by atoms with van der Waals surface area (Å²) in [7, 11) is 0. The molecule has 0 radical (unpaired) electrons. The quantitative estimate of drug-likeness (QED) is 0.583. The number of nitrogens with zero attached hydrogens (tertiary/aromatic N) is 2. The Kier molecular flexibility index (Phi) is 4.41. The van der Waals surface area contributed by atoms with Crippen LogP contribution in [0.5, 0.6) is 0 Å².